The number of hydrogen-bond donors (Lipinski definition) is 1. The topological polar surface area (TPSA) is 69.0 Å². The highest BCUT2D eigenvalue weighted by atomic mass is 35.5. The summed E-state index contributed by atoms with van der Waals surface area (Å²) in [7, 11) is 0. The number of amides is 1. The van der Waals surface area contributed by atoms with E-state index in [9.17, 15) is 4.79 Å². The lowest BCUT2D eigenvalue weighted by Gasteiger charge is -2.12. The minimum atomic E-state index is -0.0528. The Hall–Kier alpha value is -2.29. The number of carbonyl (C=O) groups excluding carboxylic acids is 1. The highest BCUT2D eigenvalue weighted by Gasteiger charge is 2.16. The second-order valence-electron chi connectivity index (χ2n) is 6.13. The summed E-state index contributed by atoms with van der Waals surface area (Å²) in [6, 6.07) is 11.1. The van der Waals surface area contributed by atoms with Crippen molar-refractivity contribution in [2.24, 2.45) is 0 Å². The van der Waals surface area contributed by atoms with Crippen molar-refractivity contribution in [2.75, 3.05) is 5.75 Å². The fourth-order valence-electron chi connectivity index (χ4n) is 2.55. The maximum atomic E-state index is 12.3. The lowest BCUT2D eigenvalue weighted by molar-refractivity contribution is -0.119. The molecule has 2 heterocycles. The number of halogens is 1. The standard InChI is InChI=1S/C20H21ClN4O2S2/c1-3-10-25-18(12-27-16-8-6-15(21)7-9-16)23-24-20(25)29-13-19(26)22-14(2)17-5-4-11-28-17/h3-9,11,14H,1,10,12-13H2,2H3,(H,22,26). The number of nitrogens with one attached hydrogen (secondary N) is 1. The molecule has 0 aliphatic heterocycles. The van der Waals surface area contributed by atoms with E-state index in [1.165, 1.54) is 11.8 Å². The molecular formula is C20H21ClN4O2S2. The molecule has 1 aromatic carbocycles. The summed E-state index contributed by atoms with van der Waals surface area (Å²) < 4.78 is 7.66. The summed E-state index contributed by atoms with van der Waals surface area (Å²) in [5.74, 6) is 1.56. The summed E-state index contributed by atoms with van der Waals surface area (Å²) in [6.45, 7) is 6.55. The molecular weight excluding hydrogens is 428 g/mol. The summed E-state index contributed by atoms with van der Waals surface area (Å²) in [5, 5.41) is 14.7. The van der Waals surface area contributed by atoms with Crippen LogP contribution in [0.3, 0.4) is 0 Å². The number of carbonyl (C=O) groups is 1. The van der Waals surface area contributed by atoms with Crippen LogP contribution in [0.25, 0.3) is 0 Å². The Kier molecular flexibility index (Phi) is 7.74. The number of thiophene rings is 1. The monoisotopic (exact) mass is 448 g/mol. The molecule has 152 valence electrons. The largest absolute Gasteiger partial charge is 0.486 e. The third-order valence-electron chi connectivity index (χ3n) is 3.97. The molecule has 0 aliphatic rings. The van der Waals surface area contributed by atoms with E-state index in [0.29, 0.717) is 28.3 Å². The maximum absolute atomic E-state index is 12.3. The van der Waals surface area contributed by atoms with E-state index in [4.69, 9.17) is 16.3 Å². The van der Waals surface area contributed by atoms with Crippen LogP contribution in [0.15, 0.2) is 59.6 Å². The van der Waals surface area contributed by atoms with E-state index >= 15 is 0 Å². The molecule has 1 unspecified atom stereocenters. The second kappa shape index (κ2) is 10.5. The lowest BCUT2D eigenvalue weighted by atomic mass is 10.3. The number of rotatable bonds is 10. The minimum Gasteiger partial charge on any atom is -0.486 e. The van der Waals surface area contributed by atoms with E-state index in [1.807, 2.05) is 29.0 Å². The van der Waals surface area contributed by atoms with Gasteiger partial charge in [-0.05, 0) is 42.6 Å². The normalized spacial score (nSPS) is 11.8. The lowest BCUT2D eigenvalue weighted by Crippen LogP contribution is -2.27. The van der Waals surface area contributed by atoms with Crippen LogP contribution >= 0.6 is 34.7 Å². The van der Waals surface area contributed by atoms with Crippen LogP contribution in [0.4, 0.5) is 0 Å². The number of nitrogens with zero attached hydrogens (tertiary/aromatic N) is 3. The van der Waals surface area contributed by atoms with E-state index in [1.54, 1.807) is 41.7 Å². The first-order valence-electron chi connectivity index (χ1n) is 8.93. The van der Waals surface area contributed by atoms with Crippen LogP contribution in [0.1, 0.15) is 23.7 Å². The van der Waals surface area contributed by atoms with Gasteiger partial charge in [-0.15, -0.1) is 28.1 Å². The minimum absolute atomic E-state index is 0.0162. The van der Waals surface area contributed by atoms with Gasteiger partial charge in [-0.3, -0.25) is 9.36 Å². The van der Waals surface area contributed by atoms with E-state index in [2.05, 4.69) is 22.1 Å². The van der Waals surface area contributed by atoms with Gasteiger partial charge in [0.25, 0.3) is 0 Å². The molecule has 0 spiro atoms. The van der Waals surface area contributed by atoms with Gasteiger partial charge < -0.3 is 10.1 Å². The number of allylic oxidation sites excluding steroid dienone is 1. The van der Waals surface area contributed by atoms with Crippen molar-refractivity contribution in [3.8, 4) is 5.75 Å². The van der Waals surface area contributed by atoms with Crippen molar-refractivity contribution in [1.29, 1.82) is 0 Å². The molecule has 0 saturated carbocycles. The average molecular weight is 449 g/mol. The van der Waals surface area contributed by atoms with Gasteiger partial charge in [-0.25, -0.2) is 0 Å². The highest BCUT2D eigenvalue weighted by Crippen LogP contribution is 2.21. The first-order valence-corrected chi connectivity index (χ1v) is 11.2. The van der Waals surface area contributed by atoms with E-state index < -0.39 is 0 Å². The Morgan fingerprint density at radius 3 is 2.86 bits per heavy atom. The molecule has 0 radical (unpaired) electrons. The second-order valence-corrected chi connectivity index (χ2v) is 8.49. The van der Waals surface area contributed by atoms with E-state index in [-0.39, 0.29) is 24.3 Å². The number of thioether (sulfide) groups is 1. The fourth-order valence-corrected chi connectivity index (χ4v) is 4.18. The highest BCUT2D eigenvalue weighted by molar-refractivity contribution is 7.99. The van der Waals surface area contributed by atoms with Gasteiger partial charge in [0.05, 0.1) is 11.8 Å². The molecule has 0 bridgehead atoms. The number of ether oxygens (including phenoxy) is 1. The molecule has 3 aromatic rings. The summed E-state index contributed by atoms with van der Waals surface area (Å²) in [6.07, 6.45) is 1.76. The van der Waals surface area contributed by atoms with Gasteiger partial charge in [0.15, 0.2) is 11.0 Å². The third kappa shape index (κ3) is 6.09. The SMILES string of the molecule is C=CCn1c(COc2ccc(Cl)cc2)nnc1SCC(=O)NC(C)c1cccs1. The Labute approximate surface area is 182 Å². The molecule has 6 nitrogen and oxygen atoms in total. The molecule has 1 N–H and O–H groups in total. The van der Waals surface area contributed by atoms with Crippen LogP contribution in [-0.4, -0.2) is 26.4 Å². The Bertz CT molecular complexity index is 942. The molecule has 0 fully saturated rings. The Morgan fingerprint density at radius 1 is 1.38 bits per heavy atom. The summed E-state index contributed by atoms with van der Waals surface area (Å²) >= 11 is 8.85. The summed E-state index contributed by atoms with van der Waals surface area (Å²) in [5.41, 5.74) is 0. The Morgan fingerprint density at radius 2 is 2.17 bits per heavy atom. The molecule has 0 saturated heterocycles. The van der Waals surface area contributed by atoms with Crippen molar-refractivity contribution < 1.29 is 9.53 Å². The van der Waals surface area contributed by atoms with Crippen molar-refractivity contribution in [3.63, 3.8) is 0 Å². The van der Waals surface area contributed by atoms with Gasteiger partial charge in [0.1, 0.15) is 12.4 Å². The Balaban J connectivity index is 1.58. The molecule has 3 rings (SSSR count). The molecule has 29 heavy (non-hydrogen) atoms. The van der Waals surface area contributed by atoms with Crippen LogP contribution in [0.5, 0.6) is 5.75 Å². The van der Waals surface area contributed by atoms with Crippen LogP contribution in [-0.2, 0) is 17.9 Å². The average Bonchev–Trinajstić information content (AvgIpc) is 3.37. The smallest absolute Gasteiger partial charge is 0.230 e. The maximum Gasteiger partial charge on any atom is 0.230 e. The first kappa shape index (κ1) is 21.4. The fraction of sp³-hybridized carbons (Fsp3) is 0.250. The molecule has 1 amide bonds. The van der Waals surface area contributed by atoms with E-state index in [0.717, 1.165) is 4.88 Å². The van der Waals surface area contributed by atoms with Crippen molar-refractivity contribution in [2.45, 2.75) is 31.3 Å². The predicted molar refractivity (Wildman–Crippen MR) is 118 cm³/mol. The van der Waals surface area contributed by atoms with Crippen molar-refractivity contribution in [3.05, 3.63) is 70.2 Å². The van der Waals surface area contributed by atoms with Gasteiger partial charge in [-0.2, -0.15) is 0 Å². The van der Waals surface area contributed by atoms with Crippen LogP contribution in [0, 0.1) is 0 Å². The number of aromatic nitrogens is 3. The van der Waals surface area contributed by atoms with Gasteiger partial charge in [-0.1, -0.05) is 35.5 Å². The van der Waals surface area contributed by atoms with Gasteiger partial charge in [0, 0.05) is 16.4 Å². The van der Waals surface area contributed by atoms with Crippen molar-refractivity contribution in [1.82, 2.24) is 20.1 Å². The van der Waals surface area contributed by atoms with Crippen LogP contribution in [0.2, 0.25) is 5.02 Å². The van der Waals surface area contributed by atoms with Crippen LogP contribution < -0.4 is 10.1 Å². The first-order chi connectivity index (χ1) is 14.1. The number of benzene rings is 1. The van der Waals surface area contributed by atoms with Gasteiger partial charge in [0.2, 0.25) is 5.91 Å². The zero-order valence-electron chi connectivity index (χ0n) is 15.9. The molecule has 1 atom stereocenters. The zero-order chi connectivity index (χ0) is 20.6. The van der Waals surface area contributed by atoms with Gasteiger partial charge >= 0.3 is 0 Å². The van der Waals surface area contributed by atoms with Crippen molar-refractivity contribution >= 4 is 40.6 Å². The number of hydrogen-bond acceptors (Lipinski definition) is 6. The predicted octanol–water partition coefficient (Wildman–Crippen LogP) is 4.73. The zero-order valence-corrected chi connectivity index (χ0v) is 18.3. The third-order valence-corrected chi connectivity index (χ3v) is 6.24. The molecule has 9 heteroatoms. The quantitative estimate of drug-likeness (QED) is 0.358. The molecule has 2 aromatic heterocycles. The summed E-state index contributed by atoms with van der Waals surface area (Å²) in [4.78, 5) is 13.4. The molecule has 0 aliphatic carbocycles.